The Labute approximate surface area is 94.0 Å². The summed E-state index contributed by atoms with van der Waals surface area (Å²) in [5.41, 5.74) is 0.365. The second kappa shape index (κ2) is 6.73. The third kappa shape index (κ3) is 4.70. The highest BCUT2D eigenvalue weighted by Crippen LogP contribution is 1.90. The zero-order valence-electron chi connectivity index (χ0n) is 9.26. The summed E-state index contributed by atoms with van der Waals surface area (Å²) in [4.78, 5) is 10.5. The Kier molecular flexibility index (Phi) is 5.21. The molecular formula is C10H16N4O2. The molecule has 0 amide bonds. The van der Waals surface area contributed by atoms with Crippen LogP contribution in [0, 0.1) is 0 Å². The average molecular weight is 224 g/mol. The van der Waals surface area contributed by atoms with Gasteiger partial charge in [-0.15, -0.1) is 5.10 Å². The highest BCUT2D eigenvalue weighted by Gasteiger charge is 1.97. The minimum Gasteiger partial charge on any atom is -0.478 e. The van der Waals surface area contributed by atoms with Crippen LogP contribution in [0.25, 0.3) is 0 Å². The first-order valence-corrected chi connectivity index (χ1v) is 5.15. The van der Waals surface area contributed by atoms with Gasteiger partial charge in [0, 0.05) is 24.9 Å². The first kappa shape index (κ1) is 12.4. The van der Waals surface area contributed by atoms with Gasteiger partial charge in [0.15, 0.2) is 0 Å². The molecule has 0 aliphatic rings. The molecule has 0 aliphatic heterocycles. The van der Waals surface area contributed by atoms with Crippen molar-refractivity contribution < 1.29 is 9.90 Å². The molecule has 0 spiro atoms. The predicted molar refractivity (Wildman–Crippen MR) is 58.9 cm³/mol. The van der Waals surface area contributed by atoms with Crippen molar-refractivity contribution in [3.8, 4) is 0 Å². The minimum absolute atomic E-state index is 0.365. The lowest BCUT2D eigenvalue weighted by Crippen LogP contribution is -2.17. The van der Waals surface area contributed by atoms with Crippen molar-refractivity contribution in [2.24, 2.45) is 0 Å². The number of aromatic nitrogens is 3. The third-order valence-electron chi connectivity index (χ3n) is 2.10. The lowest BCUT2D eigenvalue weighted by atomic mass is 10.3. The van der Waals surface area contributed by atoms with Gasteiger partial charge < -0.3 is 10.4 Å². The summed E-state index contributed by atoms with van der Waals surface area (Å²) in [5.74, 6) is -0.871. The maximum Gasteiger partial charge on any atom is 0.330 e. The summed E-state index contributed by atoms with van der Waals surface area (Å²) in [7, 11) is 0. The fourth-order valence-corrected chi connectivity index (χ4v) is 1.13. The molecule has 2 N–H and O–H groups in total. The van der Waals surface area contributed by atoms with Gasteiger partial charge in [0.1, 0.15) is 0 Å². The van der Waals surface area contributed by atoms with E-state index >= 15 is 0 Å². The maximum atomic E-state index is 10.5. The van der Waals surface area contributed by atoms with Gasteiger partial charge in [-0.25, -0.2) is 4.79 Å². The van der Waals surface area contributed by atoms with Crippen LogP contribution in [0.15, 0.2) is 24.0 Å². The van der Waals surface area contributed by atoms with E-state index in [0.717, 1.165) is 19.5 Å². The van der Waals surface area contributed by atoms with E-state index in [0.29, 0.717) is 12.1 Å². The molecule has 0 radical (unpaired) electrons. The van der Waals surface area contributed by atoms with Crippen molar-refractivity contribution in [3.63, 3.8) is 0 Å². The number of carboxylic acids is 1. The lowest BCUT2D eigenvalue weighted by molar-refractivity contribution is -0.132. The lowest BCUT2D eigenvalue weighted by Gasteiger charge is -2.02. The zero-order valence-corrected chi connectivity index (χ0v) is 9.26. The van der Waals surface area contributed by atoms with Gasteiger partial charge in [0.2, 0.25) is 0 Å². The van der Waals surface area contributed by atoms with Crippen LogP contribution in [0.1, 0.15) is 13.3 Å². The van der Waals surface area contributed by atoms with Gasteiger partial charge in [-0.05, 0) is 19.9 Å². The number of nitrogens with one attached hydrogen (secondary N) is 1. The highest BCUT2D eigenvalue weighted by atomic mass is 16.4. The van der Waals surface area contributed by atoms with Gasteiger partial charge in [-0.2, -0.15) is 0 Å². The Morgan fingerprint density at radius 3 is 3.06 bits per heavy atom. The number of rotatable bonds is 7. The Morgan fingerprint density at radius 2 is 2.44 bits per heavy atom. The van der Waals surface area contributed by atoms with Crippen LogP contribution in [0.3, 0.4) is 0 Å². The molecular weight excluding hydrogens is 208 g/mol. The third-order valence-corrected chi connectivity index (χ3v) is 2.10. The van der Waals surface area contributed by atoms with Gasteiger partial charge in [-0.3, -0.25) is 4.68 Å². The Bertz CT molecular complexity index is 346. The molecule has 1 heterocycles. The molecule has 0 saturated heterocycles. The Morgan fingerprint density at radius 1 is 1.62 bits per heavy atom. The number of nitrogens with zero attached hydrogens (tertiary/aromatic N) is 3. The first-order chi connectivity index (χ1) is 7.70. The number of hydrogen-bond acceptors (Lipinski definition) is 4. The van der Waals surface area contributed by atoms with Crippen LogP contribution in [-0.2, 0) is 11.3 Å². The van der Waals surface area contributed by atoms with E-state index in [1.54, 1.807) is 23.9 Å². The highest BCUT2D eigenvalue weighted by molar-refractivity contribution is 5.85. The molecule has 88 valence electrons. The minimum atomic E-state index is -0.871. The molecule has 16 heavy (non-hydrogen) atoms. The van der Waals surface area contributed by atoms with E-state index in [1.807, 2.05) is 6.20 Å². The molecule has 0 unspecified atom stereocenters. The van der Waals surface area contributed by atoms with Gasteiger partial charge in [0.05, 0.1) is 6.20 Å². The van der Waals surface area contributed by atoms with Gasteiger partial charge in [0.25, 0.3) is 0 Å². The van der Waals surface area contributed by atoms with Crippen LogP contribution in [0.2, 0.25) is 0 Å². The Hall–Kier alpha value is -1.69. The topological polar surface area (TPSA) is 80.0 Å². The normalized spacial score (nSPS) is 11.7. The molecule has 0 aliphatic carbocycles. The van der Waals surface area contributed by atoms with Crippen molar-refractivity contribution in [3.05, 3.63) is 24.0 Å². The zero-order chi connectivity index (χ0) is 11.8. The number of hydrogen-bond donors (Lipinski definition) is 2. The summed E-state index contributed by atoms with van der Waals surface area (Å²) in [6, 6.07) is 0. The molecule has 1 aromatic heterocycles. The molecule has 0 saturated carbocycles. The Balaban J connectivity index is 2.04. The number of carboxylic acid groups (broad SMARTS) is 1. The van der Waals surface area contributed by atoms with E-state index in [1.165, 1.54) is 0 Å². The van der Waals surface area contributed by atoms with Crippen molar-refractivity contribution in [1.82, 2.24) is 20.3 Å². The summed E-state index contributed by atoms with van der Waals surface area (Å²) < 4.78 is 1.76. The second-order valence-electron chi connectivity index (χ2n) is 3.42. The van der Waals surface area contributed by atoms with Crippen LogP contribution in [0.5, 0.6) is 0 Å². The summed E-state index contributed by atoms with van der Waals surface area (Å²) in [6.45, 7) is 3.80. The molecule has 0 atom stereocenters. The standard InChI is InChI=1S/C10H16N4O2/c1-9(10(15)16)3-5-11-4-2-7-14-8-6-12-13-14/h3,6,8,11H,2,4-5,7H2,1H3,(H,15,16)/b9-3-. The quantitative estimate of drug-likeness (QED) is 0.514. The SMILES string of the molecule is C/C(=C/CNCCCn1ccnn1)C(=O)O. The van der Waals surface area contributed by atoms with Crippen molar-refractivity contribution in [2.75, 3.05) is 13.1 Å². The van der Waals surface area contributed by atoms with E-state index in [2.05, 4.69) is 15.6 Å². The smallest absolute Gasteiger partial charge is 0.330 e. The fourth-order valence-electron chi connectivity index (χ4n) is 1.13. The largest absolute Gasteiger partial charge is 0.478 e. The first-order valence-electron chi connectivity index (χ1n) is 5.15. The fraction of sp³-hybridized carbons (Fsp3) is 0.500. The van der Waals surface area contributed by atoms with Crippen molar-refractivity contribution in [1.29, 1.82) is 0 Å². The monoisotopic (exact) mass is 224 g/mol. The van der Waals surface area contributed by atoms with E-state index < -0.39 is 5.97 Å². The van der Waals surface area contributed by atoms with E-state index in [9.17, 15) is 4.79 Å². The van der Waals surface area contributed by atoms with Gasteiger partial charge >= 0.3 is 5.97 Å². The van der Waals surface area contributed by atoms with Crippen LogP contribution < -0.4 is 5.32 Å². The molecule has 0 fully saturated rings. The molecule has 0 bridgehead atoms. The van der Waals surface area contributed by atoms with Crippen LogP contribution in [0.4, 0.5) is 0 Å². The molecule has 0 aromatic carbocycles. The summed E-state index contributed by atoms with van der Waals surface area (Å²) >= 11 is 0. The summed E-state index contributed by atoms with van der Waals surface area (Å²) in [6.07, 6.45) is 6.06. The van der Waals surface area contributed by atoms with Crippen LogP contribution in [-0.4, -0.2) is 39.2 Å². The van der Waals surface area contributed by atoms with Crippen molar-refractivity contribution in [2.45, 2.75) is 19.9 Å². The number of aryl methyl sites for hydroxylation is 1. The maximum absolute atomic E-state index is 10.5. The van der Waals surface area contributed by atoms with E-state index in [4.69, 9.17) is 5.11 Å². The summed E-state index contributed by atoms with van der Waals surface area (Å²) in [5, 5.41) is 19.3. The van der Waals surface area contributed by atoms with Gasteiger partial charge in [-0.1, -0.05) is 11.3 Å². The number of carbonyl (C=O) groups is 1. The van der Waals surface area contributed by atoms with Crippen molar-refractivity contribution >= 4 is 5.97 Å². The molecule has 6 heteroatoms. The molecule has 1 rings (SSSR count). The second-order valence-corrected chi connectivity index (χ2v) is 3.42. The predicted octanol–water partition coefficient (Wildman–Crippen LogP) is 0.289. The molecule has 1 aromatic rings. The molecule has 6 nitrogen and oxygen atoms in total. The number of aliphatic carboxylic acids is 1. The van der Waals surface area contributed by atoms with E-state index in [-0.39, 0.29) is 0 Å². The average Bonchev–Trinajstić information content (AvgIpc) is 2.75. The van der Waals surface area contributed by atoms with Crippen LogP contribution >= 0.6 is 0 Å².